The van der Waals surface area contributed by atoms with Crippen molar-refractivity contribution in [2.24, 2.45) is 0 Å². The average Bonchev–Trinajstić information content (AvgIpc) is 2.30. The molecule has 1 atom stereocenters. The Morgan fingerprint density at radius 1 is 1.38 bits per heavy atom. The van der Waals surface area contributed by atoms with Crippen LogP contribution in [-0.2, 0) is 0 Å². The number of rotatable bonds is 2. The molecule has 2 rings (SSSR count). The Hall–Kier alpha value is -1.07. The normalized spacial score (nSPS) is 20.9. The van der Waals surface area contributed by atoms with Gasteiger partial charge in [-0.2, -0.15) is 0 Å². The van der Waals surface area contributed by atoms with Gasteiger partial charge in [0.15, 0.2) is 0 Å². The quantitative estimate of drug-likeness (QED) is 0.696. The van der Waals surface area contributed by atoms with E-state index in [4.69, 9.17) is 10.0 Å². The summed E-state index contributed by atoms with van der Waals surface area (Å²) in [7, 11) is -1.43. The lowest BCUT2D eigenvalue weighted by molar-refractivity contribution is 0.425. The molecule has 1 aromatic heterocycles. The molecule has 1 aromatic rings. The number of aromatic nitrogens is 1. The molecule has 16 heavy (non-hydrogen) atoms. The van der Waals surface area contributed by atoms with E-state index >= 15 is 0 Å². The third kappa shape index (κ3) is 2.36. The maximum absolute atomic E-state index is 8.98. The van der Waals surface area contributed by atoms with Gasteiger partial charge in [0, 0.05) is 24.2 Å². The van der Waals surface area contributed by atoms with Crippen LogP contribution in [0.3, 0.4) is 0 Å². The standard InChI is InChI=1S/C11H17BN2O2/c1-9-4-2-3-7-14(9)11-6-5-10(8-13-11)12(15)16/h5-6,8-9,15-16H,2-4,7H2,1H3. The van der Waals surface area contributed by atoms with Crippen LogP contribution in [0.15, 0.2) is 18.3 Å². The van der Waals surface area contributed by atoms with Gasteiger partial charge in [-0.3, -0.25) is 0 Å². The Bertz CT molecular complexity index is 342. The van der Waals surface area contributed by atoms with E-state index in [1.807, 2.05) is 6.07 Å². The molecule has 1 saturated heterocycles. The summed E-state index contributed by atoms with van der Waals surface area (Å²) in [5.74, 6) is 0.927. The zero-order valence-corrected chi connectivity index (χ0v) is 9.50. The molecule has 86 valence electrons. The summed E-state index contributed by atoms with van der Waals surface area (Å²) in [6.07, 6.45) is 5.22. The molecule has 1 aliphatic rings. The first-order valence-electron chi connectivity index (χ1n) is 5.77. The van der Waals surface area contributed by atoms with E-state index in [1.54, 1.807) is 6.07 Å². The summed E-state index contributed by atoms with van der Waals surface area (Å²) >= 11 is 0. The molecule has 0 spiro atoms. The molecule has 1 unspecified atom stereocenters. The summed E-state index contributed by atoms with van der Waals surface area (Å²) in [6.45, 7) is 3.24. The average molecular weight is 220 g/mol. The summed E-state index contributed by atoms with van der Waals surface area (Å²) in [5, 5.41) is 18.0. The number of nitrogens with zero attached hydrogens (tertiary/aromatic N) is 2. The molecule has 0 bridgehead atoms. The minimum atomic E-state index is -1.43. The predicted molar refractivity (Wildman–Crippen MR) is 64.7 cm³/mol. The number of anilines is 1. The van der Waals surface area contributed by atoms with Crippen molar-refractivity contribution in [2.45, 2.75) is 32.2 Å². The van der Waals surface area contributed by atoms with Crippen molar-refractivity contribution >= 4 is 18.4 Å². The lowest BCUT2D eigenvalue weighted by atomic mass is 9.82. The van der Waals surface area contributed by atoms with Gasteiger partial charge in [-0.15, -0.1) is 0 Å². The number of hydrogen-bond donors (Lipinski definition) is 2. The van der Waals surface area contributed by atoms with Crippen molar-refractivity contribution in [1.82, 2.24) is 4.98 Å². The molecular weight excluding hydrogens is 203 g/mol. The van der Waals surface area contributed by atoms with Gasteiger partial charge in [-0.25, -0.2) is 4.98 Å². The van der Waals surface area contributed by atoms with Crippen LogP contribution in [0.4, 0.5) is 5.82 Å². The fourth-order valence-corrected chi connectivity index (χ4v) is 2.16. The minimum Gasteiger partial charge on any atom is -0.423 e. The molecular formula is C11H17BN2O2. The smallest absolute Gasteiger partial charge is 0.423 e. The Kier molecular flexibility index (Phi) is 3.46. The van der Waals surface area contributed by atoms with Gasteiger partial charge in [0.2, 0.25) is 0 Å². The van der Waals surface area contributed by atoms with Gasteiger partial charge < -0.3 is 14.9 Å². The Morgan fingerprint density at radius 2 is 2.19 bits per heavy atom. The zero-order valence-electron chi connectivity index (χ0n) is 9.50. The van der Waals surface area contributed by atoms with Crippen molar-refractivity contribution in [3.05, 3.63) is 18.3 Å². The predicted octanol–water partition coefficient (Wildman–Crippen LogP) is 0.140. The van der Waals surface area contributed by atoms with Crippen molar-refractivity contribution in [3.8, 4) is 0 Å². The van der Waals surface area contributed by atoms with Crippen LogP contribution in [0.25, 0.3) is 0 Å². The van der Waals surface area contributed by atoms with Gasteiger partial charge in [0.1, 0.15) is 5.82 Å². The van der Waals surface area contributed by atoms with Crippen molar-refractivity contribution < 1.29 is 10.0 Å². The van der Waals surface area contributed by atoms with E-state index in [2.05, 4.69) is 16.8 Å². The maximum Gasteiger partial charge on any atom is 0.490 e. The molecule has 0 aliphatic carbocycles. The van der Waals surface area contributed by atoms with Crippen LogP contribution in [-0.4, -0.2) is 34.7 Å². The second-order valence-electron chi connectivity index (χ2n) is 4.36. The van der Waals surface area contributed by atoms with Crippen LogP contribution in [0, 0.1) is 0 Å². The number of pyridine rings is 1. The summed E-state index contributed by atoms with van der Waals surface area (Å²) in [4.78, 5) is 6.55. The SMILES string of the molecule is CC1CCCCN1c1ccc(B(O)O)cn1. The first-order valence-corrected chi connectivity index (χ1v) is 5.77. The Balaban J connectivity index is 2.14. The molecule has 1 aliphatic heterocycles. The van der Waals surface area contributed by atoms with Crippen LogP contribution in [0.2, 0.25) is 0 Å². The minimum absolute atomic E-state index is 0.438. The van der Waals surface area contributed by atoms with E-state index in [9.17, 15) is 0 Å². The highest BCUT2D eigenvalue weighted by atomic mass is 16.4. The molecule has 0 radical (unpaired) electrons. The fraction of sp³-hybridized carbons (Fsp3) is 0.545. The monoisotopic (exact) mass is 220 g/mol. The molecule has 0 saturated carbocycles. The molecule has 5 heteroatoms. The zero-order chi connectivity index (χ0) is 11.5. The van der Waals surface area contributed by atoms with Gasteiger partial charge in [0.05, 0.1) is 0 Å². The van der Waals surface area contributed by atoms with E-state index in [1.165, 1.54) is 25.5 Å². The van der Waals surface area contributed by atoms with Crippen molar-refractivity contribution in [3.63, 3.8) is 0 Å². The van der Waals surface area contributed by atoms with E-state index in [0.29, 0.717) is 11.5 Å². The van der Waals surface area contributed by atoms with E-state index < -0.39 is 7.12 Å². The van der Waals surface area contributed by atoms with Crippen LogP contribution >= 0.6 is 0 Å². The van der Waals surface area contributed by atoms with Gasteiger partial charge in [-0.05, 0) is 32.3 Å². The maximum atomic E-state index is 8.98. The second-order valence-corrected chi connectivity index (χ2v) is 4.36. The van der Waals surface area contributed by atoms with Crippen LogP contribution < -0.4 is 10.4 Å². The molecule has 2 heterocycles. The number of hydrogen-bond acceptors (Lipinski definition) is 4. The molecule has 2 N–H and O–H groups in total. The summed E-state index contributed by atoms with van der Waals surface area (Å²) < 4.78 is 0. The van der Waals surface area contributed by atoms with E-state index in [0.717, 1.165) is 12.4 Å². The number of piperidine rings is 1. The van der Waals surface area contributed by atoms with Gasteiger partial charge >= 0.3 is 7.12 Å². The summed E-state index contributed by atoms with van der Waals surface area (Å²) in [5.41, 5.74) is 0.438. The highest BCUT2D eigenvalue weighted by molar-refractivity contribution is 6.58. The van der Waals surface area contributed by atoms with Gasteiger partial charge in [0.25, 0.3) is 0 Å². The highest BCUT2D eigenvalue weighted by Gasteiger charge is 2.20. The van der Waals surface area contributed by atoms with Crippen LogP contribution in [0.5, 0.6) is 0 Å². The third-order valence-corrected chi connectivity index (χ3v) is 3.17. The molecule has 1 fully saturated rings. The lowest BCUT2D eigenvalue weighted by Crippen LogP contribution is -2.38. The van der Waals surface area contributed by atoms with Crippen molar-refractivity contribution in [2.75, 3.05) is 11.4 Å². The second kappa shape index (κ2) is 4.85. The van der Waals surface area contributed by atoms with Crippen molar-refractivity contribution in [1.29, 1.82) is 0 Å². The fourth-order valence-electron chi connectivity index (χ4n) is 2.16. The molecule has 0 aromatic carbocycles. The summed E-state index contributed by atoms with van der Waals surface area (Å²) in [6, 6.07) is 4.09. The Morgan fingerprint density at radius 3 is 2.75 bits per heavy atom. The lowest BCUT2D eigenvalue weighted by Gasteiger charge is -2.34. The molecule has 0 amide bonds. The Labute approximate surface area is 96.1 Å². The van der Waals surface area contributed by atoms with Crippen LogP contribution in [0.1, 0.15) is 26.2 Å². The van der Waals surface area contributed by atoms with E-state index in [-0.39, 0.29) is 0 Å². The molecule has 4 nitrogen and oxygen atoms in total. The van der Waals surface area contributed by atoms with Gasteiger partial charge in [-0.1, -0.05) is 6.07 Å². The first kappa shape index (κ1) is 11.4. The first-order chi connectivity index (χ1) is 7.68. The topological polar surface area (TPSA) is 56.6 Å². The highest BCUT2D eigenvalue weighted by Crippen LogP contribution is 2.21. The largest absolute Gasteiger partial charge is 0.490 e. The third-order valence-electron chi connectivity index (χ3n) is 3.17.